The van der Waals surface area contributed by atoms with E-state index in [1.165, 1.54) is 18.5 Å². The van der Waals surface area contributed by atoms with Crippen LogP contribution >= 0.6 is 0 Å². The van der Waals surface area contributed by atoms with Crippen LogP contribution in [0.4, 0.5) is 0 Å². The Morgan fingerprint density at radius 1 is 1.19 bits per heavy atom. The molecule has 0 unspecified atom stereocenters. The molecule has 0 aliphatic carbocycles. The second kappa shape index (κ2) is 6.91. The quantitative estimate of drug-likeness (QED) is 0.817. The Balaban J connectivity index is 1.85. The van der Waals surface area contributed by atoms with Crippen molar-refractivity contribution in [1.82, 2.24) is 4.98 Å². The zero-order valence-corrected chi connectivity index (χ0v) is 11.0. The standard InChI is InChI=1S/C15H12N2O4/c16-9-11-1-3-12(4-2-11)20-7-8-21-14-10-17-6-5-13(14)15(18)19/h1-6,10H,7-8H2,(H,18,19). The maximum atomic E-state index is 11.0. The number of carboxylic acid groups (broad SMARTS) is 1. The van der Waals surface area contributed by atoms with Gasteiger partial charge in [0.15, 0.2) is 5.75 Å². The Labute approximate surface area is 121 Å². The summed E-state index contributed by atoms with van der Waals surface area (Å²) in [5.74, 6) is -0.254. The highest BCUT2D eigenvalue weighted by molar-refractivity contribution is 5.90. The van der Waals surface area contributed by atoms with Gasteiger partial charge in [-0.05, 0) is 30.3 Å². The predicted octanol–water partition coefficient (Wildman–Crippen LogP) is 2.11. The summed E-state index contributed by atoms with van der Waals surface area (Å²) in [6.45, 7) is 0.436. The van der Waals surface area contributed by atoms with Crippen molar-refractivity contribution in [1.29, 1.82) is 5.26 Å². The van der Waals surface area contributed by atoms with Crippen molar-refractivity contribution in [3.8, 4) is 17.6 Å². The van der Waals surface area contributed by atoms with Gasteiger partial charge in [-0.25, -0.2) is 4.79 Å². The molecule has 106 valence electrons. The summed E-state index contributed by atoms with van der Waals surface area (Å²) in [5, 5.41) is 17.7. The van der Waals surface area contributed by atoms with Gasteiger partial charge in [0.05, 0.1) is 17.8 Å². The Hall–Kier alpha value is -3.07. The molecule has 0 aliphatic heterocycles. The minimum Gasteiger partial charge on any atom is -0.490 e. The average molecular weight is 284 g/mol. The second-order valence-corrected chi connectivity index (χ2v) is 4.01. The normalized spacial score (nSPS) is 9.67. The van der Waals surface area contributed by atoms with Crippen molar-refractivity contribution in [3.63, 3.8) is 0 Å². The van der Waals surface area contributed by atoms with Gasteiger partial charge < -0.3 is 14.6 Å². The van der Waals surface area contributed by atoms with E-state index in [1.54, 1.807) is 24.3 Å². The molecule has 1 heterocycles. The molecule has 1 aromatic heterocycles. The van der Waals surface area contributed by atoms with Crippen molar-refractivity contribution < 1.29 is 19.4 Å². The predicted molar refractivity (Wildman–Crippen MR) is 73.3 cm³/mol. The summed E-state index contributed by atoms with van der Waals surface area (Å²) < 4.78 is 10.8. The summed E-state index contributed by atoms with van der Waals surface area (Å²) in [7, 11) is 0. The van der Waals surface area contributed by atoms with E-state index in [-0.39, 0.29) is 24.5 Å². The highest BCUT2D eigenvalue weighted by atomic mass is 16.5. The van der Waals surface area contributed by atoms with E-state index in [0.29, 0.717) is 11.3 Å². The maximum Gasteiger partial charge on any atom is 0.339 e. The van der Waals surface area contributed by atoms with Crippen LogP contribution in [-0.4, -0.2) is 29.3 Å². The molecule has 0 radical (unpaired) electrons. The first-order valence-electron chi connectivity index (χ1n) is 6.14. The Bertz CT molecular complexity index is 662. The molecule has 0 saturated heterocycles. The molecule has 6 heteroatoms. The van der Waals surface area contributed by atoms with Crippen molar-refractivity contribution in [2.45, 2.75) is 0 Å². The Morgan fingerprint density at radius 2 is 1.90 bits per heavy atom. The molecule has 2 aromatic rings. The molecule has 2 rings (SSSR count). The fraction of sp³-hybridized carbons (Fsp3) is 0.133. The molecule has 0 fully saturated rings. The molecular weight excluding hydrogens is 272 g/mol. The van der Waals surface area contributed by atoms with Crippen molar-refractivity contribution in [3.05, 3.63) is 53.9 Å². The lowest BCUT2D eigenvalue weighted by atomic mass is 10.2. The van der Waals surface area contributed by atoms with Crippen molar-refractivity contribution in [2.24, 2.45) is 0 Å². The smallest absolute Gasteiger partial charge is 0.339 e. The summed E-state index contributed by atoms with van der Waals surface area (Å²) in [6.07, 6.45) is 2.74. The zero-order valence-electron chi connectivity index (χ0n) is 11.0. The van der Waals surface area contributed by atoms with E-state index < -0.39 is 5.97 Å². The summed E-state index contributed by atoms with van der Waals surface area (Å²) in [5.41, 5.74) is 0.614. The summed E-state index contributed by atoms with van der Waals surface area (Å²) in [6, 6.07) is 10.1. The van der Waals surface area contributed by atoms with Gasteiger partial charge in [0, 0.05) is 6.20 Å². The van der Waals surface area contributed by atoms with Gasteiger partial charge in [0.25, 0.3) is 0 Å². The molecular formula is C15H12N2O4. The number of rotatable bonds is 6. The van der Waals surface area contributed by atoms with E-state index in [4.69, 9.17) is 19.8 Å². The first-order chi connectivity index (χ1) is 10.2. The number of hydrogen-bond acceptors (Lipinski definition) is 5. The minimum absolute atomic E-state index is 0.0587. The van der Waals surface area contributed by atoms with Crippen LogP contribution in [0.1, 0.15) is 15.9 Å². The van der Waals surface area contributed by atoms with Gasteiger partial charge in [0.2, 0.25) is 0 Å². The first kappa shape index (κ1) is 14.3. The number of ether oxygens (including phenoxy) is 2. The highest BCUT2D eigenvalue weighted by Crippen LogP contribution is 2.16. The second-order valence-electron chi connectivity index (χ2n) is 4.01. The highest BCUT2D eigenvalue weighted by Gasteiger charge is 2.10. The zero-order chi connectivity index (χ0) is 15.1. The lowest BCUT2D eigenvalue weighted by Crippen LogP contribution is -2.11. The Kier molecular flexibility index (Phi) is 4.72. The van der Waals surface area contributed by atoms with E-state index >= 15 is 0 Å². The Morgan fingerprint density at radius 3 is 2.57 bits per heavy atom. The molecule has 0 amide bonds. The molecule has 0 aliphatic rings. The van der Waals surface area contributed by atoms with E-state index in [2.05, 4.69) is 4.98 Å². The van der Waals surface area contributed by atoms with Crippen LogP contribution in [0.5, 0.6) is 11.5 Å². The molecule has 0 bridgehead atoms. The monoisotopic (exact) mass is 284 g/mol. The number of benzene rings is 1. The SMILES string of the molecule is N#Cc1ccc(OCCOc2cnccc2C(=O)O)cc1. The lowest BCUT2D eigenvalue weighted by Gasteiger charge is -2.09. The number of carbonyl (C=O) groups is 1. The molecule has 1 aromatic carbocycles. The van der Waals surface area contributed by atoms with Crippen LogP contribution in [0.2, 0.25) is 0 Å². The topological polar surface area (TPSA) is 92.4 Å². The number of aromatic carboxylic acids is 1. The van der Waals surface area contributed by atoms with Gasteiger partial charge >= 0.3 is 5.97 Å². The molecule has 21 heavy (non-hydrogen) atoms. The van der Waals surface area contributed by atoms with Gasteiger partial charge in [-0.2, -0.15) is 5.26 Å². The van der Waals surface area contributed by atoms with E-state index in [0.717, 1.165) is 0 Å². The molecule has 0 spiro atoms. The third kappa shape index (κ3) is 3.94. The number of hydrogen-bond donors (Lipinski definition) is 1. The van der Waals surface area contributed by atoms with Crippen molar-refractivity contribution >= 4 is 5.97 Å². The number of pyridine rings is 1. The van der Waals surface area contributed by atoms with E-state index in [9.17, 15) is 4.79 Å². The number of aromatic nitrogens is 1. The van der Waals surface area contributed by atoms with Crippen LogP contribution < -0.4 is 9.47 Å². The van der Waals surface area contributed by atoms with Gasteiger partial charge in [-0.3, -0.25) is 4.98 Å². The third-order valence-corrected chi connectivity index (χ3v) is 2.61. The van der Waals surface area contributed by atoms with Crippen LogP contribution in [0.3, 0.4) is 0 Å². The number of nitrogens with zero attached hydrogens (tertiary/aromatic N) is 2. The molecule has 1 N–H and O–H groups in total. The summed E-state index contributed by atoms with van der Waals surface area (Å²) in [4.78, 5) is 14.8. The van der Waals surface area contributed by atoms with Crippen LogP contribution in [0.15, 0.2) is 42.7 Å². The van der Waals surface area contributed by atoms with Gasteiger partial charge in [0.1, 0.15) is 24.5 Å². The van der Waals surface area contributed by atoms with Crippen LogP contribution in [0.25, 0.3) is 0 Å². The van der Waals surface area contributed by atoms with Crippen LogP contribution in [0, 0.1) is 11.3 Å². The molecule has 6 nitrogen and oxygen atoms in total. The summed E-state index contributed by atoms with van der Waals surface area (Å²) >= 11 is 0. The molecule has 0 atom stereocenters. The van der Waals surface area contributed by atoms with Crippen molar-refractivity contribution in [2.75, 3.05) is 13.2 Å². The number of nitriles is 1. The number of carboxylic acids is 1. The van der Waals surface area contributed by atoms with Gasteiger partial charge in [-0.1, -0.05) is 0 Å². The lowest BCUT2D eigenvalue weighted by molar-refractivity contribution is 0.0691. The minimum atomic E-state index is -1.07. The molecule has 0 saturated carbocycles. The average Bonchev–Trinajstić information content (AvgIpc) is 2.52. The third-order valence-electron chi connectivity index (χ3n) is 2.61. The van der Waals surface area contributed by atoms with Gasteiger partial charge in [-0.15, -0.1) is 0 Å². The van der Waals surface area contributed by atoms with Crippen LogP contribution in [-0.2, 0) is 0 Å². The fourth-order valence-corrected chi connectivity index (χ4v) is 1.61. The largest absolute Gasteiger partial charge is 0.490 e. The first-order valence-corrected chi connectivity index (χ1v) is 6.14. The van der Waals surface area contributed by atoms with E-state index in [1.807, 2.05) is 6.07 Å². The fourth-order valence-electron chi connectivity index (χ4n) is 1.61. The maximum absolute atomic E-state index is 11.0.